The molecular formula is C6H7AsO4. The van der Waals surface area contributed by atoms with Crippen molar-refractivity contribution in [2.24, 2.45) is 0 Å². The van der Waals surface area contributed by atoms with Crippen LogP contribution in [0.5, 0.6) is 5.75 Å². The van der Waals surface area contributed by atoms with Crippen LogP contribution in [0.15, 0.2) is 24.3 Å². The third kappa shape index (κ3) is 2.12. The molecule has 4 nitrogen and oxygen atoms in total. The van der Waals surface area contributed by atoms with Crippen molar-refractivity contribution in [1.29, 1.82) is 0 Å². The van der Waals surface area contributed by atoms with Crippen LogP contribution in [0.1, 0.15) is 0 Å². The van der Waals surface area contributed by atoms with Crippen LogP contribution in [0, 0.1) is 0 Å². The van der Waals surface area contributed by atoms with Crippen LogP contribution < -0.4 is 4.35 Å². The van der Waals surface area contributed by atoms with Gasteiger partial charge in [-0.3, -0.25) is 0 Å². The average molecular weight is 218 g/mol. The van der Waals surface area contributed by atoms with Gasteiger partial charge in [0.25, 0.3) is 0 Å². The van der Waals surface area contributed by atoms with Gasteiger partial charge in [0.2, 0.25) is 0 Å². The molecule has 0 saturated heterocycles. The van der Waals surface area contributed by atoms with Crippen molar-refractivity contribution < 1.29 is 17.0 Å². The van der Waals surface area contributed by atoms with Gasteiger partial charge in [0.1, 0.15) is 0 Å². The zero-order chi connectivity index (χ0) is 8.48. The number of rotatable bonds is 1. The van der Waals surface area contributed by atoms with E-state index < -0.39 is 14.2 Å². The average Bonchev–Trinajstić information content (AvgIpc) is 1.86. The maximum atomic E-state index is 10.6. The first-order chi connectivity index (χ1) is 5.00. The Morgan fingerprint density at radius 2 is 1.91 bits per heavy atom. The Bertz CT molecular complexity index is 303. The minimum atomic E-state index is -4.79. The molecule has 1 aromatic carbocycles. The van der Waals surface area contributed by atoms with E-state index in [2.05, 4.69) is 0 Å². The van der Waals surface area contributed by atoms with Crippen molar-refractivity contribution in [2.75, 3.05) is 0 Å². The van der Waals surface area contributed by atoms with Gasteiger partial charge in [0, 0.05) is 0 Å². The second-order valence-corrected chi connectivity index (χ2v) is 5.43. The van der Waals surface area contributed by atoms with E-state index in [-0.39, 0.29) is 10.1 Å². The van der Waals surface area contributed by atoms with E-state index in [4.69, 9.17) is 13.3 Å². The number of hydrogen-bond donors (Lipinski definition) is 3. The topological polar surface area (TPSA) is 77.8 Å². The Labute approximate surface area is 66.1 Å². The molecule has 0 atom stereocenters. The molecule has 0 amide bonds. The van der Waals surface area contributed by atoms with E-state index in [9.17, 15) is 3.74 Å². The second-order valence-electron chi connectivity index (χ2n) is 2.06. The third-order valence-electron chi connectivity index (χ3n) is 1.17. The van der Waals surface area contributed by atoms with Gasteiger partial charge in [-0.25, -0.2) is 0 Å². The molecule has 0 heterocycles. The molecule has 11 heavy (non-hydrogen) atoms. The molecule has 0 aliphatic heterocycles. The van der Waals surface area contributed by atoms with E-state index in [0.29, 0.717) is 0 Å². The van der Waals surface area contributed by atoms with Crippen molar-refractivity contribution in [3.05, 3.63) is 24.3 Å². The molecule has 0 fully saturated rings. The standard InChI is InChI=1S/C6H7AsO4/c8-6-3-1-2-5(4-6)7(9,10)11/h1-4,8H,(H2,9,10,11). The van der Waals surface area contributed by atoms with Gasteiger partial charge in [-0.15, -0.1) is 0 Å². The number of hydrogen-bond acceptors (Lipinski definition) is 2. The van der Waals surface area contributed by atoms with E-state index >= 15 is 0 Å². The predicted octanol–water partition coefficient (Wildman–Crippen LogP) is -1.05. The zero-order valence-corrected chi connectivity index (χ0v) is 7.38. The zero-order valence-electron chi connectivity index (χ0n) is 5.51. The second kappa shape index (κ2) is 2.74. The van der Waals surface area contributed by atoms with Crippen LogP contribution in [0.2, 0.25) is 0 Å². The number of aromatic hydroxyl groups is 1. The molecule has 60 valence electrons. The molecule has 1 rings (SSSR count). The van der Waals surface area contributed by atoms with Gasteiger partial charge in [0.05, 0.1) is 0 Å². The van der Waals surface area contributed by atoms with Crippen molar-refractivity contribution >= 4 is 18.5 Å². The Morgan fingerprint density at radius 3 is 2.27 bits per heavy atom. The summed E-state index contributed by atoms with van der Waals surface area (Å²) in [5.41, 5.74) is 0. The minimum absolute atomic E-state index is 0.108. The van der Waals surface area contributed by atoms with Crippen molar-refractivity contribution in [1.82, 2.24) is 0 Å². The summed E-state index contributed by atoms with van der Waals surface area (Å²) in [4.78, 5) is 0. The van der Waals surface area contributed by atoms with Crippen LogP contribution in [0.3, 0.4) is 0 Å². The van der Waals surface area contributed by atoms with E-state index in [1.165, 1.54) is 18.2 Å². The first-order valence-corrected chi connectivity index (χ1v) is 6.23. The Hall–Kier alpha value is -0.702. The summed E-state index contributed by atoms with van der Waals surface area (Å²) in [6.45, 7) is 0. The monoisotopic (exact) mass is 218 g/mol. The first-order valence-electron chi connectivity index (χ1n) is 2.85. The molecule has 0 saturated carbocycles. The summed E-state index contributed by atoms with van der Waals surface area (Å²) < 4.78 is 27.9. The summed E-state index contributed by atoms with van der Waals surface area (Å²) in [6, 6.07) is 5.11. The number of benzene rings is 1. The fraction of sp³-hybridized carbons (Fsp3) is 0. The third-order valence-corrected chi connectivity index (χ3v) is 3.16. The van der Waals surface area contributed by atoms with Gasteiger partial charge in [-0.1, -0.05) is 0 Å². The fourth-order valence-corrected chi connectivity index (χ4v) is 1.89. The van der Waals surface area contributed by atoms with Gasteiger partial charge >= 0.3 is 65.6 Å². The fourth-order valence-electron chi connectivity index (χ4n) is 0.674. The summed E-state index contributed by atoms with van der Waals surface area (Å²) in [5, 5.41) is 8.84. The van der Waals surface area contributed by atoms with E-state index in [1.54, 1.807) is 0 Å². The molecule has 0 unspecified atom stereocenters. The van der Waals surface area contributed by atoms with Crippen LogP contribution in [-0.4, -0.2) is 27.5 Å². The molecule has 0 bridgehead atoms. The Balaban J connectivity index is 3.17. The van der Waals surface area contributed by atoms with Gasteiger partial charge in [0.15, 0.2) is 0 Å². The van der Waals surface area contributed by atoms with Crippen LogP contribution in [-0.2, 0) is 3.74 Å². The maximum absolute atomic E-state index is 10.6. The molecule has 0 aliphatic carbocycles. The molecule has 3 N–H and O–H groups in total. The molecule has 5 heteroatoms. The Morgan fingerprint density at radius 1 is 1.27 bits per heavy atom. The van der Waals surface area contributed by atoms with Gasteiger partial charge in [-0.2, -0.15) is 0 Å². The van der Waals surface area contributed by atoms with Crippen LogP contribution in [0.4, 0.5) is 0 Å². The van der Waals surface area contributed by atoms with Crippen molar-refractivity contribution in [3.8, 4) is 5.75 Å². The molecule has 0 aliphatic rings. The van der Waals surface area contributed by atoms with Crippen molar-refractivity contribution in [2.45, 2.75) is 0 Å². The molecule has 0 radical (unpaired) electrons. The molecular weight excluding hydrogens is 211 g/mol. The van der Waals surface area contributed by atoms with E-state index in [1.807, 2.05) is 0 Å². The van der Waals surface area contributed by atoms with Crippen molar-refractivity contribution in [3.63, 3.8) is 0 Å². The molecule has 1 aromatic rings. The van der Waals surface area contributed by atoms with E-state index in [0.717, 1.165) is 6.07 Å². The molecule has 0 spiro atoms. The van der Waals surface area contributed by atoms with Crippen LogP contribution in [0.25, 0.3) is 0 Å². The normalized spacial score (nSPS) is 11.5. The summed E-state index contributed by atoms with van der Waals surface area (Å²) in [7, 11) is 0. The number of phenols is 1. The Kier molecular flexibility index (Phi) is 2.09. The predicted molar refractivity (Wildman–Crippen MR) is 38.6 cm³/mol. The molecule has 0 aromatic heterocycles. The van der Waals surface area contributed by atoms with Crippen LogP contribution >= 0.6 is 0 Å². The number of phenolic OH excluding ortho intramolecular Hbond substituents is 1. The quantitative estimate of drug-likeness (QED) is 0.526. The van der Waals surface area contributed by atoms with Gasteiger partial charge < -0.3 is 0 Å². The van der Waals surface area contributed by atoms with Gasteiger partial charge in [-0.05, 0) is 0 Å². The summed E-state index contributed by atoms with van der Waals surface area (Å²) >= 11 is -4.79. The SMILES string of the molecule is O=[As](O)(O)c1cccc(O)c1. The first kappa shape index (κ1) is 8.40. The summed E-state index contributed by atoms with van der Waals surface area (Å²) in [6.07, 6.45) is 0. The summed E-state index contributed by atoms with van der Waals surface area (Å²) in [5.74, 6) is -0.132.